The highest BCUT2D eigenvalue weighted by Gasteiger charge is 2.53. The Kier molecular flexibility index (Phi) is 8.78. The Hall–Kier alpha value is -3.16. The van der Waals surface area contributed by atoms with Crippen LogP contribution in [-0.2, 0) is 16.1 Å². The van der Waals surface area contributed by atoms with Crippen LogP contribution in [-0.4, -0.2) is 91.7 Å². The second-order valence-corrected chi connectivity index (χ2v) is 7.96. The van der Waals surface area contributed by atoms with Crippen molar-refractivity contribution in [1.29, 1.82) is 0 Å². The summed E-state index contributed by atoms with van der Waals surface area (Å²) in [6, 6.07) is 0. The lowest BCUT2D eigenvalue weighted by atomic mass is 9.82. The smallest absolute Gasteiger partial charge is 0.290 e. The number of amides is 1. The van der Waals surface area contributed by atoms with Gasteiger partial charge in [-0.2, -0.15) is 0 Å². The maximum atomic E-state index is 12.6. The molecule has 1 amide bonds. The van der Waals surface area contributed by atoms with E-state index in [-0.39, 0.29) is 42.5 Å². The molecule has 2 aromatic heterocycles. The molecule has 4 N–H and O–H groups in total. The fourth-order valence-electron chi connectivity index (χ4n) is 3.97. The minimum absolute atomic E-state index is 0.0222. The van der Waals surface area contributed by atoms with Crippen LogP contribution in [0.15, 0.2) is 28.8 Å². The summed E-state index contributed by atoms with van der Waals surface area (Å²) >= 11 is 1.62. The van der Waals surface area contributed by atoms with Crippen LogP contribution < -0.4 is 5.56 Å². The molecule has 31 heavy (non-hydrogen) atoms. The first-order valence-electron chi connectivity index (χ1n) is 9.15. The Labute approximate surface area is 180 Å². The van der Waals surface area contributed by atoms with Gasteiger partial charge in [-0.3, -0.25) is 24.1 Å². The minimum atomic E-state index is -0.479. The molecule has 4 heterocycles. The van der Waals surface area contributed by atoms with Gasteiger partial charge in [-0.15, -0.1) is 11.3 Å². The minimum Gasteiger partial charge on any atom is -0.483 e. The zero-order chi connectivity index (χ0) is 22.9. The second kappa shape index (κ2) is 11.3. The van der Waals surface area contributed by atoms with E-state index < -0.39 is 5.56 Å². The van der Waals surface area contributed by atoms with Gasteiger partial charge in [0.05, 0.1) is 13.2 Å². The Morgan fingerprint density at radius 1 is 1.23 bits per heavy atom. The third-order valence-corrected chi connectivity index (χ3v) is 5.95. The highest BCUT2D eigenvalue weighted by molar-refractivity contribution is 7.09. The number of hydrogen-bond donors (Lipinski definition) is 4. The summed E-state index contributed by atoms with van der Waals surface area (Å²) in [6.07, 6.45) is 4.61. The number of carbonyl (C=O) groups is 3. The lowest BCUT2D eigenvalue weighted by Crippen LogP contribution is -2.40. The van der Waals surface area contributed by atoms with Crippen LogP contribution in [0.25, 0.3) is 0 Å². The lowest BCUT2D eigenvalue weighted by molar-refractivity contribution is -0.123. The number of thiazole rings is 1. The topological polar surface area (TPSA) is 177 Å². The average molecular weight is 453 g/mol. The van der Waals surface area contributed by atoms with Crippen LogP contribution in [0.2, 0.25) is 0 Å². The van der Waals surface area contributed by atoms with Gasteiger partial charge in [-0.05, 0) is 5.92 Å². The van der Waals surface area contributed by atoms with Crippen molar-refractivity contribution in [2.24, 2.45) is 11.3 Å². The maximum Gasteiger partial charge on any atom is 0.290 e. The van der Waals surface area contributed by atoms with Gasteiger partial charge in [-0.25, -0.2) is 9.97 Å². The number of aliphatic hydroxyl groups is 1. The van der Waals surface area contributed by atoms with E-state index in [2.05, 4.69) is 19.9 Å². The fourth-order valence-corrected chi connectivity index (χ4v) is 4.62. The van der Waals surface area contributed by atoms with E-state index in [0.29, 0.717) is 13.1 Å². The van der Waals surface area contributed by atoms with Crippen LogP contribution in [0.4, 0.5) is 0 Å². The van der Waals surface area contributed by atoms with Crippen LogP contribution >= 0.6 is 11.3 Å². The monoisotopic (exact) mass is 453 g/mol. The SMILES string of the molecule is O=C(c1ncc[nH]c1=O)N1CC2CN(Cc3nccs3)CC2(CO)C1.O=CO.O=CO. The van der Waals surface area contributed by atoms with Crippen molar-refractivity contribution in [3.8, 4) is 0 Å². The van der Waals surface area contributed by atoms with Crippen molar-refractivity contribution in [2.45, 2.75) is 6.54 Å². The number of H-pyrrole nitrogens is 1. The summed E-state index contributed by atoms with van der Waals surface area (Å²) in [7, 11) is 0. The summed E-state index contributed by atoms with van der Waals surface area (Å²) in [4.78, 5) is 55.8. The van der Waals surface area contributed by atoms with E-state index in [1.165, 1.54) is 12.4 Å². The van der Waals surface area contributed by atoms with Crippen molar-refractivity contribution in [2.75, 3.05) is 32.8 Å². The molecule has 2 unspecified atom stereocenters. The van der Waals surface area contributed by atoms with Gasteiger partial charge in [0.1, 0.15) is 5.01 Å². The van der Waals surface area contributed by atoms with E-state index >= 15 is 0 Å². The van der Waals surface area contributed by atoms with Crippen molar-refractivity contribution < 1.29 is 29.7 Å². The number of hydrogen-bond acceptors (Lipinski definition) is 9. The molecule has 2 saturated heterocycles. The first-order valence-corrected chi connectivity index (χ1v) is 10.0. The van der Waals surface area contributed by atoms with Crippen LogP contribution in [0, 0.1) is 11.3 Å². The average Bonchev–Trinajstić information content (AvgIpc) is 3.44. The Morgan fingerprint density at radius 3 is 2.48 bits per heavy atom. The quantitative estimate of drug-likeness (QED) is 0.428. The van der Waals surface area contributed by atoms with Gasteiger partial charge in [0.2, 0.25) is 0 Å². The zero-order valence-corrected chi connectivity index (χ0v) is 17.3. The van der Waals surface area contributed by atoms with E-state index in [1.54, 1.807) is 22.4 Å². The number of carbonyl (C=O) groups excluding carboxylic acids is 1. The standard InChI is InChI=1S/C16H19N5O3S.2CH2O2/c22-10-16-8-20(7-12-17-3-4-25-12)5-11(16)6-21(9-16)15(24)13-14(23)19-2-1-18-13;2*2-1-3/h1-4,11,22H,5-10H2,(H,19,23);2*1H,(H,2,3). The summed E-state index contributed by atoms with van der Waals surface area (Å²) in [6.45, 7) is 2.79. The highest BCUT2D eigenvalue weighted by Crippen LogP contribution is 2.42. The van der Waals surface area contributed by atoms with Crippen LogP contribution in [0.3, 0.4) is 0 Å². The predicted molar refractivity (Wildman–Crippen MR) is 109 cm³/mol. The number of aromatic nitrogens is 3. The Morgan fingerprint density at radius 2 is 1.94 bits per heavy atom. The highest BCUT2D eigenvalue weighted by atomic mass is 32.1. The lowest BCUT2D eigenvalue weighted by Gasteiger charge is -2.27. The zero-order valence-electron chi connectivity index (χ0n) is 16.5. The molecule has 4 rings (SSSR count). The summed E-state index contributed by atoms with van der Waals surface area (Å²) < 4.78 is 0. The van der Waals surface area contributed by atoms with E-state index in [0.717, 1.165) is 24.6 Å². The molecule has 2 fully saturated rings. The molecule has 0 bridgehead atoms. The second-order valence-electron chi connectivity index (χ2n) is 6.98. The number of nitrogens with zero attached hydrogens (tertiary/aromatic N) is 4. The molecule has 2 aliphatic heterocycles. The molecule has 2 atom stereocenters. The molecule has 2 aromatic rings. The van der Waals surface area contributed by atoms with Gasteiger partial charge in [0.25, 0.3) is 24.4 Å². The number of nitrogens with one attached hydrogen (secondary N) is 1. The third kappa shape index (κ3) is 5.71. The normalized spacial score (nSPS) is 21.8. The van der Waals surface area contributed by atoms with Crippen molar-refractivity contribution in [3.63, 3.8) is 0 Å². The van der Waals surface area contributed by atoms with Gasteiger partial charge in [-0.1, -0.05) is 0 Å². The van der Waals surface area contributed by atoms with Crippen LogP contribution in [0.1, 0.15) is 15.5 Å². The molecule has 12 nitrogen and oxygen atoms in total. The molecule has 2 aliphatic rings. The van der Waals surface area contributed by atoms with Gasteiger partial charge in [0.15, 0.2) is 5.69 Å². The number of aliphatic hydroxyl groups excluding tert-OH is 1. The maximum absolute atomic E-state index is 12.6. The molecule has 13 heteroatoms. The number of rotatable bonds is 4. The van der Waals surface area contributed by atoms with Crippen LogP contribution in [0.5, 0.6) is 0 Å². The molecule has 168 valence electrons. The molecule has 0 aliphatic carbocycles. The number of carboxylic acid groups (broad SMARTS) is 2. The number of fused-ring (bicyclic) bond motifs is 1. The Bertz CT molecular complexity index is 916. The predicted octanol–water partition coefficient (Wildman–Crippen LogP) is -0.805. The molecular weight excluding hydrogens is 430 g/mol. The van der Waals surface area contributed by atoms with Gasteiger partial charge < -0.3 is 25.2 Å². The first-order chi connectivity index (χ1) is 14.9. The van der Waals surface area contributed by atoms with Crippen molar-refractivity contribution in [1.82, 2.24) is 24.8 Å². The van der Waals surface area contributed by atoms with Crippen molar-refractivity contribution in [3.05, 3.63) is 45.0 Å². The largest absolute Gasteiger partial charge is 0.483 e. The summed E-state index contributed by atoms with van der Waals surface area (Å²) in [5.41, 5.74) is -0.905. The van der Waals surface area contributed by atoms with Crippen molar-refractivity contribution >= 4 is 30.2 Å². The van der Waals surface area contributed by atoms with Gasteiger partial charge in [0, 0.05) is 55.6 Å². The summed E-state index contributed by atoms with van der Waals surface area (Å²) in [5, 5.41) is 26.8. The first kappa shape index (κ1) is 24.1. The Balaban J connectivity index is 0.000000513. The van der Waals surface area contributed by atoms with E-state index in [1.807, 2.05) is 5.38 Å². The number of likely N-dealkylation sites (tertiary alicyclic amines) is 2. The summed E-state index contributed by atoms with van der Waals surface area (Å²) in [5.74, 6) is -0.181. The van der Waals surface area contributed by atoms with Gasteiger partial charge >= 0.3 is 0 Å². The fraction of sp³-hybridized carbons (Fsp3) is 0.444. The van der Waals surface area contributed by atoms with E-state index in [4.69, 9.17) is 19.8 Å². The molecule has 0 aromatic carbocycles. The molecule has 0 spiro atoms. The van der Waals surface area contributed by atoms with E-state index in [9.17, 15) is 14.7 Å². The molecule has 0 radical (unpaired) electrons. The number of aromatic amines is 1. The molecule has 0 saturated carbocycles. The third-order valence-electron chi connectivity index (χ3n) is 5.18. The molecular formula is C18H23N5O7S.